The normalized spacial score (nSPS) is 17.6. The number of benzene rings is 3. The molecule has 0 bridgehead atoms. The van der Waals surface area contributed by atoms with Gasteiger partial charge in [-0.25, -0.2) is 8.42 Å². The molecule has 1 aliphatic rings. The maximum absolute atomic E-state index is 13.1. The Labute approximate surface area is 261 Å². The number of sulfone groups is 1. The van der Waals surface area contributed by atoms with Crippen LogP contribution < -0.4 is 15.0 Å². The minimum Gasteiger partial charge on any atom is -0.489 e. The minimum absolute atomic E-state index is 0.0703. The molecule has 0 aliphatic carbocycles. The average molecular weight is 671 g/mol. The van der Waals surface area contributed by atoms with Crippen molar-refractivity contribution < 1.29 is 54.5 Å². The van der Waals surface area contributed by atoms with E-state index in [-0.39, 0.29) is 41.5 Å². The van der Waals surface area contributed by atoms with Crippen LogP contribution in [0.15, 0.2) is 77.7 Å². The van der Waals surface area contributed by atoms with Crippen molar-refractivity contribution in [3.05, 3.63) is 89.5 Å². The van der Waals surface area contributed by atoms with E-state index in [0.29, 0.717) is 11.3 Å². The van der Waals surface area contributed by atoms with Gasteiger partial charge in [0.2, 0.25) is 0 Å². The van der Waals surface area contributed by atoms with Gasteiger partial charge in [-0.15, -0.1) is 0 Å². The monoisotopic (exact) mass is 670 g/mol. The van der Waals surface area contributed by atoms with Gasteiger partial charge in [0, 0.05) is 17.7 Å². The molecule has 1 aliphatic heterocycles. The van der Waals surface area contributed by atoms with E-state index in [4.69, 9.17) is 4.74 Å². The summed E-state index contributed by atoms with van der Waals surface area (Å²) in [6.45, 7) is -1.69. The van der Waals surface area contributed by atoms with E-state index in [0.717, 1.165) is 12.1 Å². The van der Waals surface area contributed by atoms with Gasteiger partial charge in [-0.3, -0.25) is 9.59 Å². The molecule has 15 heteroatoms. The molecule has 3 aromatic rings. The predicted molar refractivity (Wildman–Crippen MR) is 157 cm³/mol. The van der Waals surface area contributed by atoms with Crippen molar-refractivity contribution in [3.63, 3.8) is 0 Å². The first-order valence-corrected chi connectivity index (χ1v) is 15.8. The number of nitrogens with zero attached hydrogens (tertiary/aromatic N) is 1. The molecule has 3 atom stereocenters. The number of rotatable bonds is 13. The van der Waals surface area contributed by atoms with Crippen LogP contribution in [0.2, 0.25) is 0 Å². The van der Waals surface area contributed by atoms with Crippen molar-refractivity contribution >= 4 is 27.4 Å². The van der Waals surface area contributed by atoms with Crippen molar-refractivity contribution in [1.29, 1.82) is 0 Å². The zero-order valence-electron chi connectivity index (χ0n) is 24.4. The quantitative estimate of drug-likeness (QED) is 0.222. The molecule has 1 saturated heterocycles. The van der Waals surface area contributed by atoms with E-state index in [2.05, 4.69) is 10.1 Å². The fourth-order valence-corrected chi connectivity index (χ4v) is 5.96. The second-order valence-electron chi connectivity index (χ2n) is 10.5. The highest BCUT2D eigenvalue weighted by Crippen LogP contribution is 2.33. The predicted octanol–water partition coefficient (Wildman–Crippen LogP) is 5.71. The van der Waals surface area contributed by atoms with Crippen molar-refractivity contribution in [3.8, 4) is 5.75 Å². The zero-order chi connectivity index (χ0) is 33.6. The molecule has 0 saturated carbocycles. The first-order chi connectivity index (χ1) is 21.7. The number of nitrogens with one attached hydrogen (secondary N) is 1. The molecule has 0 radical (unpaired) electrons. The largest absolute Gasteiger partial charge is 0.489 e. The van der Waals surface area contributed by atoms with Gasteiger partial charge in [0.25, 0.3) is 5.91 Å². The summed E-state index contributed by atoms with van der Waals surface area (Å²) in [6.07, 6.45) is -5.32. The Morgan fingerprint density at radius 2 is 1.63 bits per heavy atom. The maximum atomic E-state index is 13.1. The number of hydrogen-bond acceptors (Lipinski definition) is 7. The van der Waals surface area contributed by atoms with Crippen molar-refractivity contribution in [2.75, 3.05) is 23.8 Å². The summed E-state index contributed by atoms with van der Waals surface area (Å²) in [5, 5.41) is 12.1. The summed E-state index contributed by atoms with van der Waals surface area (Å²) in [7, 11) is -3.48. The SMILES string of the molecule is CCS(=O)(=O)c1ccc(C(CC(=O)O)NC(=O)c2ccc(N3C[C@@H](Oc4ccc(C(F)(F)F)cc4)C[C@H]3COC(F)F)cc2)cc1. The van der Waals surface area contributed by atoms with Gasteiger partial charge in [-0.2, -0.15) is 22.0 Å². The lowest BCUT2D eigenvalue weighted by Crippen LogP contribution is -2.34. The second-order valence-corrected chi connectivity index (χ2v) is 12.8. The zero-order valence-corrected chi connectivity index (χ0v) is 25.2. The second kappa shape index (κ2) is 14.5. The van der Waals surface area contributed by atoms with Crippen LogP contribution >= 0.6 is 0 Å². The van der Waals surface area contributed by atoms with Crippen LogP contribution in [0.25, 0.3) is 0 Å². The number of halogens is 5. The first kappa shape index (κ1) is 34.6. The summed E-state index contributed by atoms with van der Waals surface area (Å²) in [5.74, 6) is -1.73. The third-order valence-electron chi connectivity index (χ3n) is 7.44. The Morgan fingerprint density at radius 3 is 2.17 bits per heavy atom. The van der Waals surface area contributed by atoms with Gasteiger partial charge in [-0.1, -0.05) is 19.1 Å². The summed E-state index contributed by atoms with van der Waals surface area (Å²) < 4.78 is 99.1. The van der Waals surface area contributed by atoms with Crippen molar-refractivity contribution in [1.82, 2.24) is 5.32 Å². The Morgan fingerprint density at radius 1 is 1.00 bits per heavy atom. The summed E-state index contributed by atoms with van der Waals surface area (Å²) in [4.78, 5) is 26.4. The van der Waals surface area contributed by atoms with E-state index in [1.165, 1.54) is 55.5 Å². The number of carboxylic acids is 1. The molecule has 0 aromatic heterocycles. The van der Waals surface area contributed by atoms with Crippen molar-refractivity contribution in [2.45, 2.75) is 55.6 Å². The number of aliphatic carboxylic acids is 1. The topological polar surface area (TPSA) is 122 Å². The lowest BCUT2D eigenvalue weighted by atomic mass is 10.0. The van der Waals surface area contributed by atoms with Crippen LogP contribution in [0, 0.1) is 0 Å². The Hall–Kier alpha value is -4.24. The molecule has 9 nitrogen and oxygen atoms in total. The van der Waals surface area contributed by atoms with E-state index < -0.39 is 64.7 Å². The molecular weight excluding hydrogens is 639 g/mol. The van der Waals surface area contributed by atoms with Crippen LogP contribution in [-0.2, 0) is 25.5 Å². The Balaban J connectivity index is 1.47. The maximum Gasteiger partial charge on any atom is 0.416 e. The summed E-state index contributed by atoms with van der Waals surface area (Å²) in [5.41, 5.74) is 0.254. The van der Waals surface area contributed by atoms with Gasteiger partial charge < -0.3 is 24.8 Å². The van der Waals surface area contributed by atoms with Crippen LogP contribution in [0.3, 0.4) is 0 Å². The highest BCUT2D eigenvalue weighted by atomic mass is 32.2. The molecular formula is C31H31F5N2O7S. The van der Waals surface area contributed by atoms with Gasteiger partial charge in [-0.05, 0) is 66.2 Å². The number of carbonyl (C=O) groups excluding carboxylic acids is 1. The fraction of sp³-hybridized carbons (Fsp3) is 0.355. The van der Waals surface area contributed by atoms with E-state index >= 15 is 0 Å². The minimum atomic E-state index is -4.51. The molecule has 4 rings (SSSR count). The molecule has 1 fully saturated rings. The van der Waals surface area contributed by atoms with E-state index in [1.54, 1.807) is 17.0 Å². The lowest BCUT2D eigenvalue weighted by molar-refractivity contribution is -0.138. The van der Waals surface area contributed by atoms with Gasteiger partial charge in [0.05, 0.1) is 47.9 Å². The smallest absolute Gasteiger partial charge is 0.416 e. The highest BCUT2D eigenvalue weighted by Gasteiger charge is 2.35. The Kier molecular flexibility index (Phi) is 10.9. The van der Waals surface area contributed by atoms with Crippen LogP contribution in [0.5, 0.6) is 5.75 Å². The standard InChI is InChI=1S/C31H31F5N2O7S/c1-2-46(42,43)26-13-5-19(6-14-26)27(16-28(39)40)37-29(41)20-3-9-22(10-4-20)38-17-25(15-23(38)18-44-30(32)33)45-24-11-7-21(8-12-24)31(34,35)36/h3-14,23,25,27,30H,2,15-18H2,1H3,(H,37,41)(H,39,40)/t23-,25-,27?/m0/s1. The molecule has 1 amide bonds. The molecule has 3 aromatic carbocycles. The molecule has 46 heavy (non-hydrogen) atoms. The number of carboxylic acid groups (broad SMARTS) is 1. The summed E-state index contributed by atoms with van der Waals surface area (Å²) >= 11 is 0. The molecule has 1 heterocycles. The van der Waals surface area contributed by atoms with E-state index in [1.807, 2.05) is 0 Å². The van der Waals surface area contributed by atoms with E-state index in [9.17, 15) is 45.1 Å². The third-order valence-corrected chi connectivity index (χ3v) is 9.19. The molecule has 1 unspecified atom stereocenters. The number of hydrogen-bond donors (Lipinski definition) is 2. The Bertz CT molecular complexity index is 1600. The van der Waals surface area contributed by atoms with Gasteiger partial charge in [0.1, 0.15) is 11.9 Å². The number of amides is 1. The van der Waals surface area contributed by atoms with Crippen molar-refractivity contribution in [2.24, 2.45) is 0 Å². The number of ether oxygens (including phenoxy) is 2. The first-order valence-electron chi connectivity index (χ1n) is 14.1. The third kappa shape index (κ3) is 8.94. The lowest BCUT2D eigenvalue weighted by Gasteiger charge is -2.26. The number of alkyl halides is 5. The highest BCUT2D eigenvalue weighted by molar-refractivity contribution is 7.91. The summed E-state index contributed by atoms with van der Waals surface area (Å²) in [6, 6.07) is 14.2. The van der Waals surface area contributed by atoms with Crippen LogP contribution in [0.4, 0.5) is 27.6 Å². The van der Waals surface area contributed by atoms with Crippen LogP contribution in [0.1, 0.15) is 47.3 Å². The van der Waals surface area contributed by atoms with Gasteiger partial charge in [0.15, 0.2) is 9.84 Å². The average Bonchev–Trinajstić information content (AvgIpc) is 3.41. The molecule has 0 spiro atoms. The van der Waals surface area contributed by atoms with Gasteiger partial charge >= 0.3 is 18.8 Å². The number of anilines is 1. The van der Waals surface area contributed by atoms with Crippen LogP contribution in [-0.4, -0.2) is 63.1 Å². The fourth-order valence-electron chi connectivity index (χ4n) is 5.08. The number of carbonyl (C=O) groups is 2. The molecule has 2 N–H and O–H groups in total. The molecule has 248 valence electrons.